The van der Waals surface area contributed by atoms with Gasteiger partial charge in [-0.15, -0.1) is 0 Å². The van der Waals surface area contributed by atoms with E-state index in [0.29, 0.717) is 22.8 Å². The second-order valence-electron chi connectivity index (χ2n) is 11.2. The Hall–Kier alpha value is -3.41. The quantitative estimate of drug-likeness (QED) is 0.294. The lowest BCUT2D eigenvalue weighted by Gasteiger charge is -2.57. The van der Waals surface area contributed by atoms with E-state index < -0.39 is 0 Å². The number of hydrogen-bond acceptors (Lipinski definition) is 5. The molecule has 6 nitrogen and oxygen atoms in total. The number of carbonyl (C=O) groups excluding carboxylic acids is 1. The van der Waals surface area contributed by atoms with Crippen LogP contribution in [0.25, 0.3) is 22.2 Å². The molecule has 0 saturated heterocycles. The molecule has 4 fully saturated rings. The molecule has 0 atom stereocenters. The van der Waals surface area contributed by atoms with E-state index in [2.05, 4.69) is 12.3 Å². The molecule has 7 rings (SSSR count). The summed E-state index contributed by atoms with van der Waals surface area (Å²) in [4.78, 5) is 18.5. The van der Waals surface area contributed by atoms with Crippen molar-refractivity contribution in [1.82, 2.24) is 10.4 Å². The standard InChI is InChI=1S/C31H35N3O3/c1-4-29(31-16-19-11-20(17-31)13-21(12-19)18-31)33-34-30(35)25-15-27(32-26-8-6-5-7-23(25)26)24-10-9-22(36-2)14-28(24)37-3/h5-10,14-15,19-21H,4,11-13,16-18H2,1-3H3,(H,34,35). The zero-order valence-corrected chi connectivity index (χ0v) is 21.9. The number of ether oxygens (including phenoxy) is 2. The van der Waals surface area contributed by atoms with Gasteiger partial charge in [0.25, 0.3) is 5.91 Å². The molecule has 4 aliphatic rings. The molecule has 1 amide bonds. The summed E-state index contributed by atoms with van der Waals surface area (Å²) in [5.41, 5.74) is 7.10. The van der Waals surface area contributed by atoms with Crippen LogP contribution in [0.4, 0.5) is 0 Å². The number of nitrogens with one attached hydrogen (secondary N) is 1. The van der Waals surface area contributed by atoms with Gasteiger partial charge in [-0.3, -0.25) is 4.79 Å². The molecule has 1 heterocycles. The van der Waals surface area contributed by atoms with Crippen molar-refractivity contribution in [2.24, 2.45) is 28.3 Å². The van der Waals surface area contributed by atoms with Crippen molar-refractivity contribution in [3.05, 3.63) is 54.1 Å². The highest BCUT2D eigenvalue weighted by atomic mass is 16.5. The zero-order chi connectivity index (χ0) is 25.6. The van der Waals surface area contributed by atoms with Gasteiger partial charge in [0.1, 0.15) is 11.5 Å². The summed E-state index contributed by atoms with van der Waals surface area (Å²) >= 11 is 0. The average Bonchev–Trinajstić information content (AvgIpc) is 2.91. The minimum atomic E-state index is -0.206. The molecule has 2 aromatic carbocycles. The summed E-state index contributed by atoms with van der Waals surface area (Å²) in [6, 6.07) is 15.2. The summed E-state index contributed by atoms with van der Waals surface area (Å²) < 4.78 is 11.0. The normalized spacial score (nSPS) is 26.4. The summed E-state index contributed by atoms with van der Waals surface area (Å²) in [6.45, 7) is 2.18. The van der Waals surface area contributed by atoms with Gasteiger partial charge in [0, 0.05) is 28.1 Å². The molecule has 3 aromatic rings. The Kier molecular flexibility index (Phi) is 6.13. The first-order chi connectivity index (χ1) is 18.0. The Bertz CT molecular complexity index is 1340. The van der Waals surface area contributed by atoms with Crippen LogP contribution in [-0.4, -0.2) is 30.8 Å². The molecule has 1 aromatic heterocycles. The van der Waals surface area contributed by atoms with Crippen molar-refractivity contribution in [1.29, 1.82) is 0 Å². The van der Waals surface area contributed by atoms with E-state index in [1.165, 1.54) is 44.2 Å². The maximum atomic E-state index is 13.6. The number of nitrogens with zero attached hydrogens (tertiary/aromatic N) is 2. The van der Waals surface area contributed by atoms with Crippen LogP contribution in [0.5, 0.6) is 11.5 Å². The van der Waals surface area contributed by atoms with E-state index in [0.717, 1.165) is 40.6 Å². The van der Waals surface area contributed by atoms with Gasteiger partial charge in [-0.2, -0.15) is 5.10 Å². The zero-order valence-electron chi connectivity index (χ0n) is 21.9. The van der Waals surface area contributed by atoms with Crippen molar-refractivity contribution in [2.45, 2.75) is 51.9 Å². The summed E-state index contributed by atoms with van der Waals surface area (Å²) in [6.07, 6.45) is 8.76. The summed E-state index contributed by atoms with van der Waals surface area (Å²) in [5, 5.41) is 5.63. The summed E-state index contributed by atoms with van der Waals surface area (Å²) in [7, 11) is 3.25. The van der Waals surface area contributed by atoms with Crippen LogP contribution < -0.4 is 14.9 Å². The first kappa shape index (κ1) is 24.0. The minimum Gasteiger partial charge on any atom is -0.497 e. The molecule has 37 heavy (non-hydrogen) atoms. The predicted molar refractivity (Wildman–Crippen MR) is 146 cm³/mol. The van der Waals surface area contributed by atoms with Gasteiger partial charge in [-0.1, -0.05) is 25.1 Å². The molecule has 0 radical (unpaired) electrons. The summed E-state index contributed by atoms with van der Waals surface area (Å²) in [5.74, 6) is 3.65. The Morgan fingerprint density at radius 2 is 1.70 bits per heavy atom. The van der Waals surface area contributed by atoms with E-state index in [9.17, 15) is 4.79 Å². The molecule has 4 bridgehead atoms. The molecule has 4 saturated carbocycles. The fourth-order valence-electron chi connectivity index (χ4n) is 7.73. The third-order valence-corrected chi connectivity index (χ3v) is 8.92. The molecule has 6 heteroatoms. The number of pyridine rings is 1. The van der Waals surface area contributed by atoms with Gasteiger partial charge in [-0.25, -0.2) is 10.4 Å². The van der Waals surface area contributed by atoms with Crippen molar-refractivity contribution >= 4 is 22.5 Å². The lowest BCUT2D eigenvalue weighted by atomic mass is 9.48. The smallest absolute Gasteiger partial charge is 0.272 e. The largest absolute Gasteiger partial charge is 0.497 e. The van der Waals surface area contributed by atoms with Crippen molar-refractivity contribution in [2.75, 3.05) is 14.2 Å². The number of carbonyl (C=O) groups is 1. The number of hydrogen-bond donors (Lipinski definition) is 1. The Balaban J connectivity index is 1.35. The third kappa shape index (κ3) is 4.26. The average molecular weight is 498 g/mol. The van der Waals surface area contributed by atoms with Gasteiger partial charge in [0.15, 0.2) is 0 Å². The molecule has 192 valence electrons. The second-order valence-corrected chi connectivity index (χ2v) is 11.2. The number of aromatic nitrogens is 1. The number of rotatable bonds is 7. The van der Waals surface area contributed by atoms with Crippen LogP contribution in [0, 0.1) is 23.2 Å². The van der Waals surface area contributed by atoms with Gasteiger partial charge in [0.2, 0.25) is 0 Å². The number of amides is 1. The topological polar surface area (TPSA) is 72.8 Å². The van der Waals surface area contributed by atoms with E-state index >= 15 is 0 Å². The molecular weight excluding hydrogens is 462 g/mol. The Labute approximate surface area is 218 Å². The first-order valence-electron chi connectivity index (χ1n) is 13.5. The van der Waals surface area contributed by atoms with Crippen LogP contribution >= 0.6 is 0 Å². The highest BCUT2D eigenvalue weighted by Gasteiger charge is 2.52. The maximum absolute atomic E-state index is 13.6. The van der Waals surface area contributed by atoms with Crippen molar-refractivity contribution in [3.63, 3.8) is 0 Å². The van der Waals surface area contributed by atoms with Crippen LogP contribution in [-0.2, 0) is 0 Å². The van der Waals surface area contributed by atoms with E-state index in [4.69, 9.17) is 19.6 Å². The van der Waals surface area contributed by atoms with E-state index in [1.807, 2.05) is 48.5 Å². The molecule has 4 aliphatic carbocycles. The minimum absolute atomic E-state index is 0.179. The lowest BCUT2D eigenvalue weighted by molar-refractivity contribution is -0.0134. The number of para-hydroxylation sites is 1. The maximum Gasteiger partial charge on any atom is 0.272 e. The first-order valence-corrected chi connectivity index (χ1v) is 13.5. The van der Waals surface area contributed by atoms with Crippen LogP contribution in [0.1, 0.15) is 62.2 Å². The predicted octanol–water partition coefficient (Wildman–Crippen LogP) is 6.63. The fraction of sp³-hybridized carbons (Fsp3) is 0.452. The molecule has 0 unspecified atom stereocenters. The van der Waals surface area contributed by atoms with Crippen LogP contribution in [0.15, 0.2) is 53.6 Å². The van der Waals surface area contributed by atoms with E-state index in [1.54, 1.807) is 14.2 Å². The highest BCUT2D eigenvalue weighted by Crippen LogP contribution is 2.60. The number of benzene rings is 2. The number of hydrazone groups is 1. The van der Waals surface area contributed by atoms with Crippen molar-refractivity contribution in [3.8, 4) is 22.8 Å². The SMILES string of the molecule is CCC(=NNC(=O)c1cc(-c2ccc(OC)cc2OC)nc2ccccc12)C12CC3CC(CC(C3)C1)C2. The highest BCUT2D eigenvalue weighted by molar-refractivity contribution is 6.07. The molecular formula is C31H35N3O3. The van der Waals surface area contributed by atoms with Gasteiger partial charge in [0.05, 0.1) is 31.0 Å². The third-order valence-electron chi connectivity index (χ3n) is 8.92. The van der Waals surface area contributed by atoms with Gasteiger partial charge in [-0.05, 0) is 87.0 Å². The fourth-order valence-corrected chi connectivity index (χ4v) is 7.73. The molecule has 0 spiro atoms. The van der Waals surface area contributed by atoms with Crippen molar-refractivity contribution < 1.29 is 14.3 Å². The molecule has 0 aliphatic heterocycles. The van der Waals surface area contributed by atoms with Crippen LogP contribution in [0.3, 0.4) is 0 Å². The van der Waals surface area contributed by atoms with Gasteiger partial charge < -0.3 is 9.47 Å². The second kappa shape index (κ2) is 9.47. The monoisotopic (exact) mass is 497 g/mol. The molecule has 1 N–H and O–H groups in total. The van der Waals surface area contributed by atoms with Crippen LogP contribution in [0.2, 0.25) is 0 Å². The number of fused-ring (bicyclic) bond motifs is 1. The van der Waals surface area contributed by atoms with Gasteiger partial charge >= 0.3 is 0 Å². The Morgan fingerprint density at radius 3 is 2.35 bits per heavy atom. The lowest BCUT2D eigenvalue weighted by Crippen LogP contribution is -2.50. The Morgan fingerprint density at radius 1 is 1.00 bits per heavy atom. The number of methoxy groups -OCH3 is 2. The van der Waals surface area contributed by atoms with E-state index in [-0.39, 0.29) is 11.3 Å².